The summed E-state index contributed by atoms with van der Waals surface area (Å²) in [5, 5.41) is 9.21. The predicted octanol–water partition coefficient (Wildman–Crippen LogP) is 1.38. The van der Waals surface area contributed by atoms with E-state index in [-0.39, 0.29) is 11.9 Å². The maximum Gasteiger partial charge on any atom is 0.126 e. The van der Waals surface area contributed by atoms with Gasteiger partial charge in [0.2, 0.25) is 0 Å². The highest BCUT2D eigenvalue weighted by Crippen LogP contribution is 2.11. The molecule has 2 atom stereocenters. The molecule has 0 aromatic heterocycles. The van der Waals surface area contributed by atoms with Crippen LogP contribution < -0.4 is 5.73 Å². The quantitative estimate of drug-likeness (QED) is 0.769. The number of aliphatic hydroxyl groups is 1. The molecule has 1 aromatic rings. The molecule has 0 radical (unpaired) electrons. The van der Waals surface area contributed by atoms with Crippen molar-refractivity contribution in [3.05, 3.63) is 35.1 Å². The minimum atomic E-state index is -0.541. The molecule has 0 aliphatic carbocycles. The van der Waals surface area contributed by atoms with Crippen LogP contribution in [0, 0.1) is 12.7 Å². The lowest BCUT2D eigenvalue weighted by atomic mass is 10.0. The Kier molecular flexibility index (Phi) is 3.61. The molecule has 2 nitrogen and oxygen atoms in total. The SMILES string of the molecule is Cc1cc(CC(N)C(C)O)ccc1F. The maximum absolute atomic E-state index is 12.9. The van der Waals surface area contributed by atoms with Gasteiger partial charge >= 0.3 is 0 Å². The fourth-order valence-corrected chi connectivity index (χ4v) is 1.28. The molecular weight excluding hydrogens is 181 g/mol. The Labute approximate surface area is 83.6 Å². The zero-order valence-corrected chi connectivity index (χ0v) is 8.50. The monoisotopic (exact) mass is 197 g/mol. The second-order valence-electron chi connectivity index (χ2n) is 3.69. The molecule has 2 unspecified atom stereocenters. The zero-order chi connectivity index (χ0) is 10.7. The van der Waals surface area contributed by atoms with Crippen LogP contribution in [0.25, 0.3) is 0 Å². The maximum atomic E-state index is 12.9. The third kappa shape index (κ3) is 2.79. The Balaban J connectivity index is 2.73. The number of nitrogens with two attached hydrogens (primary N) is 1. The molecular formula is C11H16FNO. The summed E-state index contributed by atoms with van der Waals surface area (Å²) in [5.74, 6) is -0.209. The molecule has 14 heavy (non-hydrogen) atoms. The molecule has 0 bridgehead atoms. The van der Waals surface area contributed by atoms with Crippen molar-refractivity contribution in [1.29, 1.82) is 0 Å². The van der Waals surface area contributed by atoms with Crippen LogP contribution in [-0.2, 0) is 6.42 Å². The van der Waals surface area contributed by atoms with Gasteiger partial charge in [0.05, 0.1) is 6.10 Å². The topological polar surface area (TPSA) is 46.2 Å². The first kappa shape index (κ1) is 11.1. The van der Waals surface area contributed by atoms with Crippen LogP contribution in [-0.4, -0.2) is 17.3 Å². The summed E-state index contributed by atoms with van der Waals surface area (Å²) in [6.07, 6.45) is 0.0269. The van der Waals surface area contributed by atoms with Crippen molar-refractivity contribution >= 4 is 0 Å². The Morgan fingerprint density at radius 2 is 2.14 bits per heavy atom. The number of benzene rings is 1. The van der Waals surface area contributed by atoms with Crippen molar-refractivity contribution in [2.45, 2.75) is 32.4 Å². The third-order valence-corrected chi connectivity index (χ3v) is 2.31. The van der Waals surface area contributed by atoms with Crippen LogP contribution in [0.1, 0.15) is 18.1 Å². The number of hydrogen-bond acceptors (Lipinski definition) is 2. The first-order valence-electron chi connectivity index (χ1n) is 4.69. The summed E-state index contributed by atoms with van der Waals surface area (Å²) in [6, 6.07) is 4.60. The molecule has 1 aromatic carbocycles. The van der Waals surface area contributed by atoms with Crippen molar-refractivity contribution in [3.63, 3.8) is 0 Å². The van der Waals surface area contributed by atoms with E-state index in [1.807, 2.05) is 0 Å². The zero-order valence-electron chi connectivity index (χ0n) is 8.50. The number of rotatable bonds is 3. The minimum Gasteiger partial charge on any atom is -0.392 e. The van der Waals surface area contributed by atoms with Gasteiger partial charge in [0, 0.05) is 6.04 Å². The Morgan fingerprint density at radius 3 is 2.64 bits per heavy atom. The summed E-state index contributed by atoms with van der Waals surface area (Å²) in [7, 11) is 0. The molecule has 0 heterocycles. The smallest absolute Gasteiger partial charge is 0.126 e. The lowest BCUT2D eigenvalue weighted by Gasteiger charge is -2.14. The molecule has 3 N–H and O–H groups in total. The van der Waals surface area contributed by atoms with Gasteiger partial charge in [0.1, 0.15) is 5.82 Å². The van der Waals surface area contributed by atoms with E-state index in [1.165, 1.54) is 6.07 Å². The average molecular weight is 197 g/mol. The molecule has 0 spiro atoms. The normalized spacial score (nSPS) is 15.2. The molecule has 1 rings (SSSR count). The van der Waals surface area contributed by atoms with Gasteiger partial charge in [-0.05, 0) is 37.5 Å². The molecule has 0 saturated carbocycles. The van der Waals surface area contributed by atoms with Crippen molar-refractivity contribution in [2.24, 2.45) is 5.73 Å². The summed E-state index contributed by atoms with van der Waals surface area (Å²) < 4.78 is 12.9. The van der Waals surface area contributed by atoms with E-state index in [4.69, 9.17) is 5.73 Å². The minimum absolute atomic E-state index is 0.209. The van der Waals surface area contributed by atoms with Crippen molar-refractivity contribution < 1.29 is 9.50 Å². The van der Waals surface area contributed by atoms with Gasteiger partial charge in [-0.1, -0.05) is 12.1 Å². The highest BCUT2D eigenvalue weighted by atomic mass is 19.1. The fraction of sp³-hybridized carbons (Fsp3) is 0.455. The van der Waals surface area contributed by atoms with Crippen LogP contribution in [0.2, 0.25) is 0 Å². The van der Waals surface area contributed by atoms with E-state index in [1.54, 1.807) is 26.0 Å². The first-order valence-corrected chi connectivity index (χ1v) is 4.69. The molecule has 78 valence electrons. The summed E-state index contributed by atoms with van der Waals surface area (Å²) >= 11 is 0. The van der Waals surface area contributed by atoms with E-state index in [9.17, 15) is 9.50 Å². The van der Waals surface area contributed by atoms with Gasteiger partial charge in [0.25, 0.3) is 0 Å². The van der Waals surface area contributed by atoms with Gasteiger partial charge in [-0.25, -0.2) is 4.39 Å². The largest absolute Gasteiger partial charge is 0.392 e. The number of hydrogen-bond donors (Lipinski definition) is 2. The highest BCUT2D eigenvalue weighted by molar-refractivity contribution is 5.24. The molecule has 0 amide bonds. The fourth-order valence-electron chi connectivity index (χ4n) is 1.28. The van der Waals surface area contributed by atoms with E-state index >= 15 is 0 Å². The van der Waals surface area contributed by atoms with Crippen molar-refractivity contribution in [2.75, 3.05) is 0 Å². The van der Waals surface area contributed by atoms with Gasteiger partial charge in [-0.15, -0.1) is 0 Å². The van der Waals surface area contributed by atoms with Gasteiger partial charge in [0.15, 0.2) is 0 Å². The second kappa shape index (κ2) is 4.53. The van der Waals surface area contributed by atoms with Crippen LogP contribution in [0.5, 0.6) is 0 Å². The van der Waals surface area contributed by atoms with Gasteiger partial charge in [-0.2, -0.15) is 0 Å². The van der Waals surface area contributed by atoms with E-state index in [2.05, 4.69) is 0 Å². The van der Waals surface area contributed by atoms with Crippen LogP contribution in [0.3, 0.4) is 0 Å². The summed E-state index contributed by atoms with van der Waals surface area (Å²) in [5.41, 5.74) is 7.26. The second-order valence-corrected chi connectivity index (χ2v) is 3.69. The first-order chi connectivity index (χ1) is 6.50. The van der Waals surface area contributed by atoms with Gasteiger partial charge in [-0.3, -0.25) is 0 Å². The molecule has 3 heteroatoms. The predicted molar refractivity (Wildman–Crippen MR) is 54.5 cm³/mol. The average Bonchev–Trinajstić information content (AvgIpc) is 2.11. The van der Waals surface area contributed by atoms with Crippen molar-refractivity contribution in [3.8, 4) is 0 Å². The third-order valence-electron chi connectivity index (χ3n) is 2.31. The number of halogens is 1. The molecule has 0 aliphatic rings. The summed E-state index contributed by atoms with van der Waals surface area (Å²) in [4.78, 5) is 0. The summed E-state index contributed by atoms with van der Waals surface area (Å²) in [6.45, 7) is 3.37. The van der Waals surface area contributed by atoms with Gasteiger partial charge < -0.3 is 10.8 Å². The number of aryl methyl sites for hydroxylation is 1. The van der Waals surface area contributed by atoms with Crippen LogP contribution in [0.15, 0.2) is 18.2 Å². The standard InChI is InChI=1S/C11H16FNO/c1-7-5-9(3-4-10(7)12)6-11(13)8(2)14/h3-5,8,11,14H,6,13H2,1-2H3. The van der Waals surface area contributed by atoms with E-state index < -0.39 is 6.10 Å². The molecule has 0 aliphatic heterocycles. The van der Waals surface area contributed by atoms with E-state index in [0.29, 0.717) is 12.0 Å². The molecule has 0 fully saturated rings. The lowest BCUT2D eigenvalue weighted by Crippen LogP contribution is -2.34. The number of aliphatic hydroxyl groups excluding tert-OH is 1. The Bertz CT molecular complexity index is 312. The Hall–Kier alpha value is -0.930. The van der Waals surface area contributed by atoms with Crippen LogP contribution >= 0.6 is 0 Å². The highest BCUT2D eigenvalue weighted by Gasteiger charge is 2.10. The van der Waals surface area contributed by atoms with E-state index in [0.717, 1.165) is 5.56 Å². The molecule has 0 saturated heterocycles. The lowest BCUT2D eigenvalue weighted by molar-refractivity contribution is 0.163. The van der Waals surface area contributed by atoms with Crippen molar-refractivity contribution in [1.82, 2.24) is 0 Å². The van der Waals surface area contributed by atoms with Crippen LogP contribution in [0.4, 0.5) is 4.39 Å². The Morgan fingerprint density at radius 1 is 1.50 bits per heavy atom.